The van der Waals surface area contributed by atoms with Gasteiger partial charge in [0, 0.05) is 5.56 Å². The van der Waals surface area contributed by atoms with Gasteiger partial charge in [-0.25, -0.2) is 9.59 Å². The van der Waals surface area contributed by atoms with Crippen LogP contribution in [0, 0.1) is 0 Å². The molecule has 1 amide bonds. The minimum absolute atomic E-state index is 0.0475. The highest BCUT2D eigenvalue weighted by Gasteiger charge is 2.33. The van der Waals surface area contributed by atoms with Gasteiger partial charge in [0.25, 0.3) is 5.91 Å². The summed E-state index contributed by atoms with van der Waals surface area (Å²) in [6, 6.07) is 1.82. The number of halogens is 3. The second kappa shape index (κ2) is 8.32. The Labute approximate surface area is 135 Å². The molecule has 0 atom stereocenters. The van der Waals surface area contributed by atoms with E-state index in [9.17, 15) is 27.6 Å². The zero-order valence-corrected chi connectivity index (χ0v) is 13.0. The minimum atomic E-state index is -4.63. The van der Waals surface area contributed by atoms with Crippen molar-refractivity contribution < 1.29 is 37.0 Å². The molecule has 132 valence electrons. The van der Waals surface area contributed by atoms with Crippen molar-refractivity contribution >= 4 is 17.8 Å². The van der Waals surface area contributed by atoms with E-state index < -0.39 is 35.6 Å². The topological polar surface area (TPSA) is 81.7 Å². The maximum absolute atomic E-state index is 12.7. The number of alkyl halides is 3. The predicted molar refractivity (Wildman–Crippen MR) is 76.0 cm³/mol. The third-order valence-electron chi connectivity index (χ3n) is 2.77. The van der Waals surface area contributed by atoms with E-state index in [-0.39, 0.29) is 18.8 Å². The fourth-order valence-corrected chi connectivity index (χ4v) is 1.72. The van der Waals surface area contributed by atoms with E-state index in [1.54, 1.807) is 0 Å². The van der Waals surface area contributed by atoms with E-state index in [2.05, 4.69) is 9.47 Å². The highest BCUT2D eigenvalue weighted by atomic mass is 19.4. The van der Waals surface area contributed by atoms with Gasteiger partial charge in [-0.1, -0.05) is 6.07 Å². The van der Waals surface area contributed by atoms with Crippen LogP contribution in [0.25, 0.3) is 0 Å². The summed E-state index contributed by atoms with van der Waals surface area (Å²) in [5, 5.41) is 2.03. The van der Waals surface area contributed by atoms with Crippen LogP contribution in [0.3, 0.4) is 0 Å². The minimum Gasteiger partial charge on any atom is -0.464 e. The first-order valence-electron chi connectivity index (χ1n) is 7.02. The van der Waals surface area contributed by atoms with Crippen molar-refractivity contribution in [3.63, 3.8) is 0 Å². The Bertz CT molecular complexity index is 597. The third-order valence-corrected chi connectivity index (χ3v) is 2.77. The Kier molecular flexibility index (Phi) is 6.75. The standard InChI is InChI=1S/C15H16F3NO5/c1-3-23-13(21)11(14(22)24-4-2)19-12(20)9-6-5-7-10(8-9)15(16,17)18/h5-8,11H,3-4H2,1-2H3,(H,19,20). The molecule has 0 aromatic heterocycles. The molecule has 0 aliphatic rings. The molecule has 24 heavy (non-hydrogen) atoms. The smallest absolute Gasteiger partial charge is 0.416 e. The first-order valence-corrected chi connectivity index (χ1v) is 7.02. The molecule has 0 saturated heterocycles. The van der Waals surface area contributed by atoms with Gasteiger partial charge in [0.2, 0.25) is 6.04 Å². The van der Waals surface area contributed by atoms with Crippen molar-refractivity contribution in [3.05, 3.63) is 35.4 Å². The van der Waals surface area contributed by atoms with E-state index >= 15 is 0 Å². The number of carbonyl (C=O) groups is 3. The molecular formula is C15H16F3NO5. The summed E-state index contributed by atoms with van der Waals surface area (Å²) in [5.41, 5.74) is -1.39. The molecule has 0 aliphatic carbocycles. The fraction of sp³-hybridized carbons (Fsp3) is 0.400. The Balaban J connectivity index is 2.99. The lowest BCUT2D eigenvalue weighted by atomic mass is 10.1. The van der Waals surface area contributed by atoms with E-state index in [0.717, 1.165) is 18.2 Å². The average molecular weight is 347 g/mol. The third kappa shape index (κ3) is 5.25. The molecule has 0 aliphatic heterocycles. The SMILES string of the molecule is CCOC(=O)C(NC(=O)c1cccc(C(F)(F)F)c1)C(=O)OCC. The summed E-state index contributed by atoms with van der Waals surface area (Å²) in [4.78, 5) is 35.5. The number of amides is 1. The molecular weight excluding hydrogens is 331 g/mol. The fourth-order valence-electron chi connectivity index (χ4n) is 1.72. The Morgan fingerprint density at radius 1 is 1.08 bits per heavy atom. The lowest BCUT2D eigenvalue weighted by Crippen LogP contribution is -2.48. The lowest BCUT2D eigenvalue weighted by molar-refractivity contribution is -0.157. The maximum Gasteiger partial charge on any atom is 0.416 e. The first kappa shape index (κ1) is 19.5. The molecule has 0 saturated carbocycles. The van der Waals surface area contributed by atoms with Crippen LogP contribution in [-0.2, 0) is 25.2 Å². The van der Waals surface area contributed by atoms with Crippen LogP contribution < -0.4 is 5.32 Å². The number of nitrogens with one attached hydrogen (secondary N) is 1. The van der Waals surface area contributed by atoms with E-state index in [4.69, 9.17) is 0 Å². The maximum atomic E-state index is 12.7. The average Bonchev–Trinajstić information content (AvgIpc) is 2.52. The first-order chi connectivity index (χ1) is 11.2. The zero-order valence-electron chi connectivity index (χ0n) is 13.0. The van der Waals surface area contributed by atoms with Crippen LogP contribution in [0.4, 0.5) is 13.2 Å². The van der Waals surface area contributed by atoms with Gasteiger partial charge < -0.3 is 14.8 Å². The molecule has 6 nitrogen and oxygen atoms in total. The summed E-state index contributed by atoms with van der Waals surface area (Å²) in [5.74, 6) is -3.15. The summed E-state index contributed by atoms with van der Waals surface area (Å²) >= 11 is 0. The van der Waals surface area contributed by atoms with Gasteiger partial charge in [-0.2, -0.15) is 13.2 Å². The van der Waals surface area contributed by atoms with Crippen LogP contribution >= 0.6 is 0 Å². The van der Waals surface area contributed by atoms with Gasteiger partial charge in [0.15, 0.2) is 0 Å². The molecule has 0 spiro atoms. The van der Waals surface area contributed by atoms with Crippen LogP contribution in [0.5, 0.6) is 0 Å². The van der Waals surface area contributed by atoms with Crippen molar-refractivity contribution in [2.75, 3.05) is 13.2 Å². The van der Waals surface area contributed by atoms with E-state index in [0.29, 0.717) is 6.07 Å². The number of hydrogen-bond acceptors (Lipinski definition) is 5. The number of carbonyl (C=O) groups excluding carboxylic acids is 3. The number of rotatable bonds is 6. The molecule has 1 aromatic carbocycles. The molecule has 0 bridgehead atoms. The molecule has 1 aromatic rings. The van der Waals surface area contributed by atoms with Crippen molar-refractivity contribution in [3.8, 4) is 0 Å². The molecule has 1 N–H and O–H groups in total. The molecule has 0 fully saturated rings. The Morgan fingerprint density at radius 2 is 1.62 bits per heavy atom. The number of hydrogen-bond donors (Lipinski definition) is 1. The summed E-state index contributed by atoms with van der Waals surface area (Å²) in [7, 11) is 0. The van der Waals surface area contributed by atoms with Gasteiger partial charge in [0.05, 0.1) is 18.8 Å². The zero-order chi connectivity index (χ0) is 18.3. The normalized spacial score (nSPS) is 11.1. The highest BCUT2D eigenvalue weighted by Crippen LogP contribution is 2.29. The number of esters is 2. The Morgan fingerprint density at radius 3 is 2.08 bits per heavy atom. The van der Waals surface area contributed by atoms with Crippen LogP contribution in [0.2, 0.25) is 0 Å². The summed E-state index contributed by atoms with van der Waals surface area (Å²) < 4.78 is 47.3. The van der Waals surface area contributed by atoms with Crippen molar-refractivity contribution in [1.82, 2.24) is 5.32 Å². The van der Waals surface area contributed by atoms with Crippen molar-refractivity contribution in [2.45, 2.75) is 26.1 Å². The lowest BCUT2D eigenvalue weighted by Gasteiger charge is -2.16. The van der Waals surface area contributed by atoms with Crippen molar-refractivity contribution in [1.29, 1.82) is 0 Å². The highest BCUT2D eigenvalue weighted by molar-refractivity contribution is 6.05. The predicted octanol–water partition coefficient (Wildman–Crippen LogP) is 1.93. The molecule has 0 unspecified atom stereocenters. The molecule has 0 heterocycles. The quantitative estimate of drug-likeness (QED) is 0.628. The van der Waals surface area contributed by atoms with Gasteiger partial charge >= 0.3 is 18.1 Å². The van der Waals surface area contributed by atoms with Gasteiger partial charge in [0.1, 0.15) is 0 Å². The molecule has 9 heteroatoms. The molecule has 1 rings (SSSR count). The Hall–Kier alpha value is -2.58. The number of ether oxygens (including phenoxy) is 2. The van der Waals surface area contributed by atoms with Gasteiger partial charge in [-0.15, -0.1) is 0 Å². The van der Waals surface area contributed by atoms with Crippen LogP contribution in [0.15, 0.2) is 24.3 Å². The largest absolute Gasteiger partial charge is 0.464 e. The second-order valence-electron chi connectivity index (χ2n) is 4.49. The van der Waals surface area contributed by atoms with Crippen molar-refractivity contribution in [2.24, 2.45) is 0 Å². The van der Waals surface area contributed by atoms with Crippen LogP contribution in [0.1, 0.15) is 29.8 Å². The van der Waals surface area contributed by atoms with Gasteiger partial charge in [-0.3, -0.25) is 4.79 Å². The van der Waals surface area contributed by atoms with Crippen LogP contribution in [-0.4, -0.2) is 37.1 Å². The molecule has 0 radical (unpaired) electrons. The monoisotopic (exact) mass is 347 g/mol. The second-order valence-corrected chi connectivity index (χ2v) is 4.49. The van der Waals surface area contributed by atoms with Gasteiger partial charge in [-0.05, 0) is 32.0 Å². The number of benzene rings is 1. The summed E-state index contributed by atoms with van der Waals surface area (Å²) in [6.07, 6.45) is -4.63. The van der Waals surface area contributed by atoms with E-state index in [1.165, 1.54) is 13.8 Å². The van der Waals surface area contributed by atoms with E-state index in [1.807, 2.05) is 5.32 Å². The summed E-state index contributed by atoms with van der Waals surface area (Å²) in [6.45, 7) is 2.89.